The lowest BCUT2D eigenvalue weighted by Gasteiger charge is -2.31. The quantitative estimate of drug-likeness (QED) is 0.0987. The molecular formula is C35H26Cl2F10N4O9. The molecule has 324 valence electrons. The first-order valence-electron chi connectivity index (χ1n) is 17.0. The van der Waals surface area contributed by atoms with Gasteiger partial charge in [-0.3, -0.25) is 19.3 Å². The number of carbonyl (C=O) groups is 4. The smallest absolute Gasteiger partial charge is 0.481 e. The fourth-order valence-corrected chi connectivity index (χ4v) is 6.60. The van der Waals surface area contributed by atoms with Gasteiger partial charge in [0, 0.05) is 17.3 Å². The Morgan fingerprint density at radius 3 is 2.10 bits per heavy atom. The number of ether oxygens (including phenoxy) is 4. The Hall–Kier alpha value is -5.50. The second-order valence-electron chi connectivity index (χ2n) is 13.3. The summed E-state index contributed by atoms with van der Waals surface area (Å²) in [5, 5.41) is 21.0. The van der Waals surface area contributed by atoms with Crippen molar-refractivity contribution < 1.29 is 87.1 Å². The van der Waals surface area contributed by atoms with Crippen molar-refractivity contribution in [2.45, 2.75) is 87.1 Å². The van der Waals surface area contributed by atoms with Crippen LogP contribution in [0.1, 0.15) is 60.9 Å². The molecule has 2 aliphatic rings. The van der Waals surface area contributed by atoms with Crippen molar-refractivity contribution in [2.75, 3.05) is 6.73 Å². The minimum absolute atomic E-state index is 0.0178. The number of aromatic nitrogens is 2. The summed E-state index contributed by atoms with van der Waals surface area (Å²) in [5.74, 6) is -4.84. The summed E-state index contributed by atoms with van der Waals surface area (Å²) in [5.41, 5.74) is -11.5. The lowest BCUT2D eigenvalue weighted by molar-refractivity contribution is -0.348. The van der Waals surface area contributed by atoms with Gasteiger partial charge in [0.05, 0.1) is 40.7 Å². The van der Waals surface area contributed by atoms with E-state index in [4.69, 9.17) is 42.5 Å². The third-order valence-corrected chi connectivity index (χ3v) is 9.86. The standard InChI is InChI=1S/C35H26Cl2F10N4O9/c36-21-5-4-17(18-13-49-51(14-18)28-22(37)11-19(12-25(28)60-35(45,46)47)32(38,33(39,40)41)34(42,43)44)10-20(21)29(55)50(31(15-48)8-9-31)16-57-30(56)59-24-3-1-2-23(24)58-27(54)7-6-26(52)53/h4-5,10-14,23-24H,1-3,6-9,16H2,(H,52,53). The number of carbonyl (C=O) groups excluding carboxylic acids is 3. The van der Waals surface area contributed by atoms with E-state index in [1.165, 1.54) is 12.1 Å². The molecule has 0 aliphatic heterocycles. The van der Waals surface area contributed by atoms with E-state index in [0.29, 0.717) is 11.1 Å². The molecule has 13 nitrogen and oxygen atoms in total. The average Bonchev–Trinajstić information content (AvgIpc) is 3.56. The van der Waals surface area contributed by atoms with Crippen molar-refractivity contribution in [3.63, 3.8) is 0 Å². The molecular weight excluding hydrogens is 881 g/mol. The molecule has 0 spiro atoms. The van der Waals surface area contributed by atoms with E-state index in [9.17, 15) is 68.3 Å². The van der Waals surface area contributed by atoms with Crippen LogP contribution in [-0.2, 0) is 29.5 Å². The number of alkyl halides is 10. The van der Waals surface area contributed by atoms with Gasteiger partial charge in [-0.1, -0.05) is 29.3 Å². The van der Waals surface area contributed by atoms with Crippen LogP contribution in [-0.4, -0.2) is 87.0 Å². The molecule has 0 saturated heterocycles. The van der Waals surface area contributed by atoms with Crippen LogP contribution in [0, 0.1) is 11.3 Å². The lowest BCUT2D eigenvalue weighted by atomic mass is 9.93. The van der Waals surface area contributed by atoms with Gasteiger partial charge in [-0.2, -0.15) is 36.7 Å². The number of carboxylic acids is 1. The van der Waals surface area contributed by atoms with Crippen LogP contribution < -0.4 is 4.74 Å². The minimum Gasteiger partial charge on any atom is -0.481 e. The summed E-state index contributed by atoms with van der Waals surface area (Å²) in [6.07, 6.45) is -20.2. The Morgan fingerprint density at radius 2 is 1.53 bits per heavy atom. The number of hydrogen-bond acceptors (Lipinski definition) is 10. The number of hydrogen-bond donors (Lipinski definition) is 1. The molecule has 2 aromatic carbocycles. The summed E-state index contributed by atoms with van der Waals surface area (Å²) in [7, 11) is 0. The maximum atomic E-state index is 14.9. The molecule has 2 saturated carbocycles. The van der Waals surface area contributed by atoms with Gasteiger partial charge in [0.1, 0.15) is 23.4 Å². The summed E-state index contributed by atoms with van der Waals surface area (Å²) >= 11 is 12.2. The van der Waals surface area contributed by atoms with Gasteiger partial charge in [0.25, 0.3) is 5.91 Å². The molecule has 2 atom stereocenters. The Morgan fingerprint density at radius 1 is 0.900 bits per heavy atom. The fraction of sp³-hybridized carbons (Fsp3) is 0.429. The molecule has 5 rings (SSSR count). The summed E-state index contributed by atoms with van der Waals surface area (Å²) in [6, 6.07) is 4.85. The van der Waals surface area contributed by atoms with E-state index in [1.807, 2.05) is 6.07 Å². The Labute approximate surface area is 340 Å². The van der Waals surface area contributed by atoms with E-state index in [1.54, 1.807) is 0 Å². The highest BCUT2D eigenvalue weighted by Gasteiger charge is 2.73. The van der Waals surface area contributed by atoms with Gasteiger partial charge in [-0.25, -0.2) is 13.9 Å². The molecule has 25 heteroatoms. The number of esters is 1. The number of benzene rings is 2. The van der Waals surface area contributed by atoms with Crippen LogP contribution >= 0.6 is 23.2 Å². The van der Waals surface area contributed by atoms with Crippen LogP contribution in [0.25, 0.3) is 16.8 Å². The molecule has 0 radical (unpaired) electrons. The summed E-state index contributed by atoms with van der Waals surface area (Å²) in [4.78, 5) is 50.3. The Bertz CT molecular complexity index is 2190. The SMILES string of the molecule is N#CC1(N(COC(=O)OC2CCCC2OC(=O)CCC(=O)O)C(=O)c2cc(-c3cnn(-c4c(Cl)cc(C(F)(C(F)(F)F)C(F)(F)F)cc4OC(F)(F)F)c3)ccc2Cl)CC1. The number of nitriles is 1. The van der Waals surface area contributed by atoms with Gasteiger partial charge in [-0.05, 0) is 61.9 Å². The predicted molar refractivity (Wildman–Crippen MR) is 181 cm³/mol. The van der Waals surface area contributed by atoms with E-state index < -0.39 is 114 Å². The number of carboxylic acid groups (broad SMARTS) is 1. The van der Waals surface area contributed by atoms with Crippen molar-refractivity contribution in [1.82, 2.24) is 14.7 Å². The lowest BCUT2D eigenvalue weighted by Crippen LogP contribution is -2.50. The van der Waals surface area contributed by atoms with Crippen LogP contribution in [0.15, 0.2) is 42.7 Å². The first-order valence-corrected chi connectivity index (χ1v) is 17.8. The maximum absolute atomic E-state index is 14.9. The highest BCUT2D eigenvalue weighted by molar-refractivity contribution is 6.34. The zero-order chi connectivity index (χ0) is 44.6. The fourth-order valence-electron chi connectivity index (χ4n) is 6.10. The highest BCUT2D eigenvalue weighted by Crippen LogP contribution is 2.55. The van der Waals surface area contributed by atoms with E-state index >= 15 is 0 Å². The number of nitrogens with zero attached hydrogens (tertiary/aromatic N) is 4. The summed E-state index contributed by atoms with van der Waals surface area (Å²) in [6.45, 7) is -0.862. The van der Waals surface area contributed by atoms with Crippen LogP contribution in [0.5, 0.6) is 5.75 Å². The second-order valence-corrected chi connectivity index (χ2v) is 14.1. The number of aliphatic carboxylic acids is 1. The molecule has 60 heavy (non-hydrogen) atoms. The van der Waals surface area contributed by atoms with Gasteiger partial charge in [0.15, 0.2) is 12.5 Å². The molecule has 1 N–H and O–H groups in total. The van der Waals surface area contributed by atoms with Crippen LogP contribution in [0.3, 0.4) is 0 Å². The van der Waals surface area contributed by atoms with Crippen molar-refractivity contribution in [3.05, 3.63) is 63.9 Å². The Kier molecular flexibility index (Phi) is 12.8. The highest BCUT2D eigenvalue weighted by atomic mass is 35.5. The molecule has 0 bridgehead atoms. The number of amides is 1. The molecule has 1 amide bonds. The predicted octanol–water partition coefficient (Wildman–Crippen LogP) is 8.97. The monoisotopic (exact) mass is 906 g/mol. The first kappa shape index (κ1) is 45.6. The van der Waals surface area contributed by atoms with Crippen molar-refractivity contribution in [1.29, 1.82) is 5.26 Å². The first-order chi connectivity index (χ1) is 27.8. The van der Waals surface area contributed by atoms with Crippen LogP contribution in [0.2, 0.25) is 10.0 Å². The molecule has 2 fully saturated rings. The number of rotatable bonds is 13. The second kappa shape index (κ2) is 16.9. The zero-order valence-electron chi connectivity index (χ0n) is 29.9. The van der Waals surface area contributed by atoms with Gasteiger partial charge in [-0.15, -0.1) is 13.2 Å². The molecule has 2 unspecified atom stereocenters. The normalized spacial score (nSPS) is 17.6. The third kappa shape index (κ3) is 9.75. The van der Waals surface area contributed by atoms with Gasteiger partial charge in [0.2, 0.25) is 0 Å². The topological polar surface area (TPSA) is 170 Å². The zero-order valence-corrected chi connectivity index (χ0v) is 31.4. The van der Waals surface area contributed by atoms with Gasteiger partial charge >= 0.3 is 42.5 Å². The summed E-state index contributed by atoms with van der Waals surface area (Å²) < 4.78 is 156. The van der Waals surface area contributed by atoms with Crippen molar-refractivity contribution in [2.24, 2.45) is 0 Å². The van der Waals surface area contributed by atoms with Crippen molar-refractivity contribution >= 4 is 47.2 Å². The maximum Gasteiger partial charge on any atom is 0.573 e. The average molecular weight is 907 g/mol. The van der Waals surface area contributed by atoms with E-state index in [0.717, 1.165) is 23.4 Å². The Balaban J connectivity index is 1.40. The van der Waals surface area contributed by atoms with Gasteiger partial charge < -0.3 is 24.1 Å². The third-order valence-electron chi connectivity index (χ3n) is 9.25. The van der Waals surface area contributed by atoms with Crippen LogP contribution in [0.4, 0.5) is 48.7 Å². The molecule has 1 aromatic heterocycles. The van der Waals surface area contributed by atoms with Crippen molar-refractivity contribution in [3.8, 4) is 28.6 Å². The van der Waals surface area contributed by atoms with E-state index in [-0.39, 0.29) is 53.5 Å². The molecule has 2 aliphatic carbocycles. The largest absolute Gasteiger partial charge is 0.573 e. The minimum atomic E-state index is -6.71. The van der Waals surface area contributed by atoms with E-state index in [2.05, 4.69) is 9.84 Å². The molecule has 3 aromatic rings. The number of halogens is 12. The molecule has 1 heterocycles.